The molecule has 1 aliphatic heterocycles. The van der Waals surface area contributed by atoms with E-state index in [1.165, 1.54) is 4.90 Å². The number of carbonyl (C=O) groups is 2. The van der Waals surface area contributed by atoms with Crippen molar-refractivity contribution >= 4 is 29.0 Å². The third-order valence-electron chi connectivity index (χ3n) is 2.73. The molecule has 2 aromatic rings. The second-order valence-electron chi connectivity index (χ2n) is 3.95. The lowest BCUT2D eigenvalue weighted by Crippen LogP contribution is -2.42. The highest BCUT2D eigenvalue weighted by Crippen LogP contribution is 2.30. The van der Waals surface area contributed by atoms with Gasteiger partial charge >= 0.3 is 0 Å². The highest BCUT2D eigenvalue weighted by molar-refractivity contribution is 6.15. The molecule has 0 spiro atoms. The summed E-state index contributed by atoms with van der Waals surface area (Å²) in [7, 11) is 0. The fraction of sp³-hybridized carbons (Fsp3) is 0.0909. The van der Waals surface area contributed by atoms with E-state index in [9.17, 15) is 9.59 Å². The predicted molar refractivity (Wildman–Crippen MR) is 65.5 cm³/mol. The number of para-hydroxylation sites is 2. The van der Waals surface area contributed by atoms with Crippen LogP contribution in [0, 0.1) is 0 Å². The molecule has 0 atom stereocenters. The van der Waals surface area contributed by atoms with Crippen molar-refractivity contribution in [1.82, 2.24) is 10.3 Å². The number of aromatic nitrogens is 2. The maximum atomic E-state index is 12.3. The molecule has 3 N–H and O–H groups in total. The van der Waals surface area contributed by atoms with Gasteiger partial charge in [-0.3, -0.25) is 14.5 Å². The van der Waals surface area contributed by atoms with E-state index in [4.69, 9.17) is 5.73 Å². The first-order chi connectivity index (χ1) is 9.16. The van der Waals surface area contributed by atoms with Crippen LogP contribution in [0.3, 0.4) is 0 Å². The molecule has 0 saturated heterocycles. The zero-order chi connectivity index (χ0) is 13.4. The normalized spacial score (nSPS) is 13.9. The van der Waals surface area contributed by atoms with E-state index in [0.717, 1.165) is 0 Å². The SMILES string of the molecule is Nc1nonc1C(=O)N1CC(=O)Nc2ccccc21. The maximum Gasteiger partial charge on any atom is 0.284 e. The van der Waals surface area contributed by atoms with Gasteiger partial charge in [0.15, 0.2) is 0 Å². The van der Waals surface area contributed by atoms with Crippen LogP contribution in [0.2, 0.25) is 0 Å². The van der Waals surface area contributed by atoms with Crippen LogP contribution < -0.4 is 16.0 Å². The van der Waals surface area contributed by atoms with E-state index in [1.54, 1.807) is 24.3 Å². The van der Waals surface area contributed by atoms with Gasteiger partial charge in [0, 0.05) is 0 Å². The average molecular weight is 259 g/mol. The number of hydrogen-bond acceptors (Lipinski definition) is 6. The van der Waals surface area contributed by atoms with Crippen molar-refractivity contribution in [3.8, 4) is 0 Å². The molecular weight excluding hydrogens is 250 g/mol. The minimum Gasteiger partial charge on any atom is -0.379 e. The molecule has 1 aromatic heterocycles. The molecule has 0 bridgehead atoms. The highest BCUT2D eigenvalue weighted by Gasteiger charge is 2.30. The fourth-order valence-electron chi connectivity index (χ4n) is 1.89. The Kier molecular flexibility index (Phi) is 2.41. The van der Waals surface area contributed by atoms with Crippen molar-refractivity contribution in [3.05, 3.63) is 30.0 Å². The zero-order valence-corrected chi connectivity index (χ0v) is 9.66. The van der Waals surface area contributed by atoms with E-state index in [-0.39, 0.29) is 24.0 Å². The summed E-state index contributed by atoms with van der Waals surface area (Å²) in [5.41, 5.74) is 6.52. The largest absolute Gasteiger partial charge is 0.379 e. The Labute approximate surface area is 107 Å². The standard InChI is InChI=1S/C11H9N5O3/c12-10-9(14-19-15-10)11(18)16-5-8(17)13-6-3-1-2-4-7(6)16/h1-4H,5H2,(H2,12,15)(H,13,17). The molecule has 8 heteroatoms. The summed E-state index contributed by atoms with van der Waals surface area (Å²) >= 11 is 0. The smallest absolute Gasteiger partial charge is 0.284 e. The molecule has 8 nitrogen and oxygen atoms in total. The summed E-state index contributed by atoms with van der Waals surface area (Å²) in [6.07, 6.45) is 0. The first kappa shape index (κ1) is 11.2. The molecule has 0 fully saturated rings. The number of hydrogen-bond donors (Lipinski definition) is 2. The van der Waals surface area contributed by atoms with Gasteiger partial charge in [-0.2, -0.15) is 0 Å². The molecule has 2 amide bonds. The molecule has 1 aromatic carbocycles. The number of nitrogens with zero attached hydrogens (tertiary/aromatic N) is 3. The van der Waals surface area contributed by atoms with Gasteiger partial charge in [-0.15, -0.1) is 0 Å². The van der Waals surface area contributed by atoms with Crippen LogP contribution in [-0.4, -0.2) is 28.7 Å². The van der Waals surface area contributed by atoms with Crippen molar-refractivity contribution in [2.24, 2.45) is 0 Å². The minimum absolute atomic E-state index is 0.103. The number of nitrogens with two attached hydrogens (primary N) is 1. The average Bonchev–Trinajstić information content (AvgIpc) is 2.83. The topological polar surface area (TPSA) is 114 Å². The summed E-state index contributed by atoms with van der Waals surface area (Å²) in [5.74, 6) is -0.920. The molecule has 0 unspecified atom stereocenters. The van der Waals surface area contributed by atoms with Gasteiger partial charge in [0.25, 0.3) is 5.91 Å². The maximum absolute atomic E-state index is 12.3. The second kappa shape index (κ2) is 4.09. The summed E-state index contributed by atoms with van der Waals surface area (Å²) in [4.78, 5) is 25.2. The van der Waals surface area contributed by atoms with Crippen LogP contribution >= 0.6 is 0 Å². The molecule has 2 heterocycles. The van der Waals surface area contributed by atoms with Gasteiger partial charge in [0.1, 0.15) is 6.54 Å². The monoisotopic (exact) mass is 259 g/mol. The van der Waals surface area contributed by atoms with E-state index in [1.807, 2.05) is 0 Å². The van der Waals surface area contributed by atoms with E-state index in [2.05, 4.69) is 20.3 Å². The number of anilines is 3. The highest BCUT2D eigenvalue weighted by atomic mass is 16.6. The van der Waals surface area contributed by atoms with Crippen LogP contribution in [0.5, 0.6) is 0 Å². The van der Waals surface area contributed by atoms with Crippen molar-refractivity contribution < 1.29 is 14.2 Å². The van der Waals surface area contributed by atoms with Gasteiger partial charge in [0.05, 0.1) is 11.4 Å². The van der Waals surface area contributed by atoms with Crippen molar-refractivity contribution in [3.63, 3.8) is 0 Å². The number of carbonyl (C=O) groups excluding carboxylic acids is 2. The molecule has 0 aliphatic carbocycles. The van der Waals surface area contributed by atoms with Crippen molar-refractivity contribution in [1.29, 1.82) is 0 Å². The predicted octanol–water partition coefficient (Wildman–Crippen LogP) is 0.251. The number of rotatable bonds is 1. The van der Waals surface area contributed by atoms with Gasteiger partial charge in [-0.25, -0.2) is 4.63 Å². The Hall–Kier alpha value is -2.90. The molecule has 3 rings (SSSR count). The van der Waals surface area contributed by atoms with Crippen molar-refractivity contribution in [2.75, 3.05) is 22.5 Å². The van der Waals surface area contributed by atoms with E-state index < -0.39 is 5.91 Å². The molecule has 96 valence electrons. The number of benzene rings is 1. The third kappa shape index (κ3) is 1.79. The molecule has 0 radical (unpaired) electrons. The number of fused-ring (bicyclic) bond motifs is 1. The quantitative estimate of drug-likeness (QED) is 0.758. The van der Waals surface area contributed by atoms with Crippen molar-refractivity contribution in [2.45, 2.75) is 0 Å². The summed E-state index contributed by atoms with van der Waals surface area (Å²) in [5, 5.41) is 9.49. The molecule has 1 aliphatic rings. The lowest BCUT2D eigenvalue weighted by molar-refractivity contribution is -0.115. The molecular formula is C11H9N5O3. The van der Waals surface area contributed by atoms with Gasteiger partial charge < -0.3 is 11.1 Å². The number of amides is 2. The minimum atomic E-state index is -0.527. The van der Waals surface area contributed by atoms with Crippen LogP contribution in [0.4, 0.5) is 17.2 Å². The zero-order valence-electron chi connectivity index (χ0n) is 9.66. The van der Waals surface area contributed by atoms with E-state index in [0.29, 0.717) is 11.4 Å². The van der Waals surface area contributed by atoms with Gasteiger partial charge in [-0.05, 0) is 22.4 Å². The Balaban J connectivity index is 2.04. The fourth-order valence-corrected chi connectivity index (χ4v) is 1.89. The van der Waals surface area contributed by atoms with Crippen LogP contribution in [0.15, 0.2) is 28.9 Å². The Bertz CT molecular complexity index is 666. The number of nitrogens with one attached hydrogen (secondary N) is 1. The van der Waals surface area contributed by atoms with Crippen LogP contribution in [0.25, 0.3) is 0 Å². The molecule has 19 heavy (non-hydrogen) atoms. The summed E-state index contributed by atoms with van der Waals surface area (Å²) in [6.45, 7) is -0.109. The van der Waals surface area contributed by atoms with Crippen LogP contribution in [0.1, 0.15) is 10.5 Å². The van der Waals surface area contributed by atoms with Crippen LogP contribution in [-0.2, 0) is 4.79 Å². The lowest BCUT2D eigenvalue weighted by atomic mass is 10.2. The first-order valence-corrected chi connectivity index (χ1v) is 5.45. The van der Waals surface area contributed by atoms with E-state index >= 15 is 0 Å². The number of nitrogen functional groups attached to an aromatic ring is 1. The Morgan fingerprint density at radius 1 is 1.37 bits per heavy atom. The Morgan fingerprint density at radius 2 is 2.16 bits per heavy atom. The molecule has 0 saturated carbocycles. The van der Waals surface area contributed by atoms with Gasteiger partial charge in [0.2, 0.25) is 17.4 Å². The first-order valence-electron chi connectivity index (χ1n) is 5.45. The second-order valence-corrected chi connectivity index (χ2v) is 3.95. The third-order valence-corrected chi connectivity index (χ3v) is 2.73. The lowest BCUT2D eigenvalue weighted by Gasteiger charge is -2.28. The van der Waals surface area contributed by atoms with Gasteiger partial charge in [-0.1, -0.05) is 12.1 Å². The Morgan fingerprint density at radius 3 is 2.89 bits per heavy atom. The summed E-state index contributed by atoms with van der Waals surface area (Å²) < 4.78 is 4.40. The summed E-state index contributed by atoms with van der Waals surface area (Å²) in [6, 6.07) is 6.95.